The van der Waals surface area contributed by atoms with Crippen LogP contribution in [0.3, 0.4) is 0 Å². The number of amides is 1. The lowest BCUT2D eigenvalue weighted by Gasteiger charge is -2.26. The molecule has 0 saturated carbocycles. The molecule has 1 atom stereocenters. The van der Waals surface area contributed by atoms with Crippen molar-refractivity contribution in [2.75, 3.05) is 26.2 Å². The molecule has 0 radical (unpaired) electrons. The molecule has 2 aromatic carbocycles. The standard InChI is InChI=1S/C27H32N2O4/c1-5-28(6-2)16-9-17-29-24(19-12-14-20(15-13-19)32-18(3)4)23-25(30)21-10-7-8-11-22(21)33-26(23)27(29)31/h7-8,10-15,18,24H,5-6,9,16-17H2,1-4H3/p+1/t24-/m1/s1. The first kappa shape index (κ1) is 23.1. The summed E-state index contributed by atoms with van der Waals surface area (Å²) in [5, 5.41) is 0.503. The summed E-state index contributed by atoms with van der Waals surface area (Å²) in [7, 11) is 0. The predicted molar refractivity (Wildman–Crippen MR) is 129 cm³/mol. The summed E-state index contributed by atoms with van der Waals surface area (Å²) in [6, 6.07) is 14.4. The van der Waals surface area contributed by atoms with Gasteiger partial charge in [-0.2, -0.15) is 0 Å². The highest BCUT2D eigenvalue weighted by Gasteiger charge is 2.42. The molecule has 0 aliphatic carbocycles. The fourth-order valence-corrected chi connectivity index (χ4v) is 4.65. The third kappa shape index (κ3) is 4.53. The van der Waals surface area contributed by atoms with Crippen molar-refractivity contribution >= 4 is 16.9 Å². The van der Waals surface area contributed by atoms with Crippen LogP contribution in [0.25, 0.3) is 11.0 Å². The van der Waals surface area contributed by atoms with Gasteiger partial charge in [-0.3, -0.25) is 9.59 Å². The molecular formula is C27H33N2O4+. The van der Waals surface area contributed by atoms with E-state index in [4.69, 9.17) is 9.15 Å². The minimum Gasteiger partial charge on any atom is -0.491 e. The largest absolute Gasteiger partial charge is 0.491 e. The molecule has 0 spiro atoms. The predicted octanol–water partition coefficient (Wildman–Crippen LogP) is 3.44. The van der Waals surface area contributed by atoms with Crippen molar-refractivity contribution in [1.82, 2.24) is 4.90 Å². The van der Waals surface area contributed by atoms with Crippen molar-refractivity contribution in [3.8, 4) is 5.75 Å². The minimum atomic E-state index is -0.465. The Hall–Kier alpha value is -3.12. The lowest BCUT2D eigenvalue weighted by atomic mass is 9.98. The second kappa shape index (κ2) is 9.79. The number of hydrogen-bond acceptors (Lipinski definition) is 4. The Balaban J connectivity index is 1.75. The monoisotopic (exact) mass is 449 g/mol. The third-order valence-electron chi connectivity index (χ3n) is 6.37. The van der Waals surface area contributed by atoms with Crippen LogP contribution in [0.4, 0.5) is 0 Å². The average molecular weight is 450 g/mol. The van der Waals surface area contributed by atoms with Crippen LogP contribution in [0, 0.1) is 0 Å². The van der Waals surface area contributed by atoms with Gasteiger partial charge in [-0.1, -0.05) is 24.3 Å². The van der Waals surface area contributed by atoms with Gasteiger partial charge in [0.15, 0.2) is 5.43 Å². The maximum absolute atomic E-state index is 13.5. The average Bonchev–Trinajstić information content (AvgIpc) is 3.09. The van der Waals surface area contributed by atoms with E-state index >= 15 is 0 Å². The zero-order chi connectivity index (χ0) is 23.5. The Bertz CT molecular complexity index is 1180. The fraction of sp³-hybridized carbons (Fsp3) is 0.407. The number of rotatable bonds is 9. The van der Waals surface area contributed by atoms with E-state index in [2.05, 4.69) is 13.8 Å². The first-order chi connectivity index (χ1) is 15.9. The number of carbonyl (C=O) groups is 1. The van der Waals surface area contributed by atoms with Crippen LogP contribution in [-0.2, 0) is 0 Å². The molecule has 2 heterocycles. The van der Waals surface area contributed by atoms with Crippen molar-refractivity contribution in [1.29, 1.82) is 0 Å². The number of para-hydroxylation sites is 1. The molecule has 6 nitrogen and oxygen atoms in total. The van der Waals surface area contributed by atoms with E-state index < -0.39 is 6.04 Å². The van der Waals surface area contributed by atoms with Gasteiger partial charge < -0.3 is 19.0 Å². The van der Waals surface area contributed by atoms with Crippen molar-refractivity contribution in [3.63, 3.8) is 0 Å². The van der Waals surface area contributed by atoms with Crippen LogP contribution in [0.15, 0.2) is 57.7 Å². The highest BCUT2D eigenvalue weighted by molar-refractivity contribution is 5.99. The van der Waals surface area contributed by atoms with Gasteiger partial charge in [0.05, 0.1) is 42.7 Å². The van der Waals surface area contributed by atoms with E-state index in [1.165, 1.54) is 4.90 Å². The van der Waals surface area contributed by atoms with E-state index in [9.17, 15) is 9.59 Å². The van der Waals surface area contributed by atoms with E-state index in [1.807, 2.05) is 50.2 Å². The van der Waals surface area contributed by atoms with Crippen molar-refractivity contribution < 1.29 is 18.8 Å². The maximum atomic E-state index is 13.5. The van der Waals surface area contributed by atoms with Gasteiger partial charge in [0.25, 0.3) is 5.91 Å². The number of quaternary nitrogens is 1. The minimum absolute atomic E-state index is 0.0714. The molecule has 1 aliphatic heterocycles. The van der Waals surface area contributed by atoms with Crippen molar-refractivity contribution in [2.45, 2.75) is 46.3 Å². The summed E-state index contributed by atoms with van der Waals surface area (Å²) in [5.41, 5.74) is 1.63. The summed E-state index contributed by atoms with van der Waals surface area (Å²) in [5.74, 6) is 0.719. The van der Waals surface area contributed by atoms with Gasteiger partial charge in [-0.05, 0) is 57.5 Å². The molecule has 3 aromatic rings. The van der Waals surface area contributed by atoms with Crippen LogP contribution in [0.1, 0.15) is 61.8 Å². The second-order valence-electron chi connectivity index (χ2n) is 8.87. The van der Waals surface area contributed by atoms with E-state index in [0.29, 0.717) is 23.1 Å². The van der Waals surface area contributed by atoms with Gasteiger partial charge in [0.2, 0.25) is 5.76 Å². The summed E-state index contributed by atoms with van der Waals surface area (Å²) < 4.78 is 11.8. The molecule has 1 aliphatic rings. The molecule has 6 heteroatoms. The van der Waals surface area contributed by atoms with Crippen molar-refractivity contribution in [3.05, 3.63) is 75.6 Å². The number of hydrogen-bond donors (Lipinski definition) is 1. The van der Waals surface area contributed by atoms with Crippen LogP contribution >= 0.6 is 0 Å². The SMILES string of the molecule is CC[NH+](CC)CCCN1C(=O)c2oc3ccccc3c(=O)c2[C@H]1c1ccc(OC(C)C)cc1. The highest BCUT2D eigenvalue weighted by Crippen LogP contribution is 2.38. The van der Waals surface area contributed by atoms with E-state index in [-0.39, 0.29) is 23.2 Å². The van der Waals surface area contributed by atoms with Gasteiger partial charge >= 0.3 is 0 Å². The number of benzene rings is 2. The third-order valence-corrected chi connectivity index (χ3v) is 6.37. The molecular weight excluding hydrogens is 416 g/mol. The van der Waals surface area contributed by atoms with Gasteiger partial charge in [-0.15, -0.1) is 0 Å². The van der Waals surface area contributed by atoms with Crippen LogP contribution in [0.2, 0.25) is 0 Å². The topological polar surface area (TPSA) is 64.2 Å². The first-order valence-electron chi connectivity index (χ1n) is 11.9. The molecule has 33 heavy (non-hydrogen) atoms. The lowest BCUT2D eigenvalue weighted by Crippen LogP contribution is -3.11. The Labute approximate surface area is 194 Å². The molecule has 1 amide bonds. The van der Waals surface area contributed by atoms with Crippen LogP contribution in [0.5, 0.6) is 5.75 Å². The molecule has 0 fully saturated rings. The quantitative estimate of drug-likeness (QED) is 0.544. The normalized spacial score (nSPS) is 15.6. The van der Waals surface area contributed by atoms with Gasteiger partial charge in [-0.25, -0.2) is 0 Å². The summed E-state index contributed by atoms with van der Waals surface area (Å²) in [6.07, 6.45) is 0.928. The lowest BCUT2D eigenvalue weighted by molar-refractivity contribution is -0.896. The zero-order valence-corrected chi connectivity index (χ0v) is 19.9. The Morgan fingerprint density at radius 1 is 1.03 bits per heavy atom. The Morgan fingerprint density at radius 3 is 2.39 bits per heavy atom. The molecule has 0 saturated heterocycles. The second-order valence-corrected chi connectivity index (χ2v) is 8.87. The fourth-order valence-electron chi connectivity index (χ4n) is 4.65. The molecule has 1 N–H and O–H groups in total. The smallest absolute Gasteiger partial charge is 0.290 e. The van der Waals surface area contributed by atoms with Gasteiger partial charge in [0.1, 0.15) is 11.3 Å². The Kier molecular flexibility index (Phi) is 6.84. The molecule has 0 unspecified atom stereocenters. The van der Waals surface area contributed by atoms with Crippen LogP contribution < -0.4 is 15.1 Å². The number of carbonyl (C=O) groups excluding carboxylic acids is 1. The molecule has 4 rings (SSSR count). The summed E-state index contributed by atoms with van der Waals surface area (Å²) in [4.78, 5) is 30.3. The summed E-state index contributed by atoms with van der Waals surface area (Å²) >= 11 is 0. The van der Waals surface area contributed by atoms with Crippen molar-refractivity contribution in [2.24, 2.45) is 0 Å². The zero-order valence-electron chi connectivity index (χ0n) is 19.9. The van der Waals surface area contributed by atoms with E-state index in [1.54, 1.807) is 17.0 Å². The summed E-state index contributed by atoms with van der Waals surface area (Å²) in [6.45, 7) is 12.0. The van der Waals surface area contributed by atoms with Gasteiger partial charge in [0, 0.05) is 13.0 Å². The maximum Gasteiger partial charge on any atom is 0.290 e. The molecule has 174 valence electrons. The first-order valence-corrected chi connectivity index (χ1v) is 11.9. The number of ether oxygens (including phenoxy) is 1. The molecule has 0 bridgehead atoms. The highest BCUT2D eigenvalue weighted by atomic mass is 16.5. The molecule has 1 aromatic heterocycles. The van der Waals surface area contributed by atoms with E-state index in [0.717, 1.165) is 37.4 Å². The number of nitrogens with one attached hydrogen (secondary N) is 1. The number of nitrogens with zero attached hydrogens (tertiary/aromatic N) is 1. The Morgan fingerprint density at radius 2 is 1.73 bits per heavy atom. The number of fused-ring (bicyclic) bond motifs is 2. The van der Waals surface area contributed by atoms with Crippen LogP contribution in [-0.4, -0.2) is 43.1 Å².